The summed E-state index contributed by atoms with van der Waals surface area (Å²) in [6.07, 6.45) is 5.63. The van der Waals surface area contributed by atoms with Gasteiger partial charge in [-0.05, 0) is 66.0 Å². The Kier molecular flexibility index (Phi) is 7.15. The smallest absolute Gasteiger partial charge is 0.415 e. The minimum Gasteiger partial charge on any atom is -1.00 e. The van der Waals surface area contributed by atoms with Crippen LogP contribution in [0.25, 0.3) is 22.0 Å². The van der Waals surface area contributed by atoms with Gasteiger partial charge in [-0.3, -0.25) is 0 Å². The Hall–Kier alpha value is -3.97. The second-order valence-corrected chi connectivity index (χ2v) is 10.6. The number of hydrogen-bond donors (Lipinski definition) is 0. The number of carbonyl (C=O) groups is 1. The Bertz CT molecular complexity index is 1570. The normalized spacial score (nSPS) is 15.7. The molecule has 0 N–H and O–H groups in total. The lowest BCUT2D eigenvalue weighted by molar-refractivity contribution is -0.686. The van der Waals surface area contributed by atoms with Crippen LogP contribution in [-0.2, 0) is 19.4 Å². The number of carbonyl (C=O) groups excluding carboxylic acids is 1. The molecule has 3 aliphatic heterocycles. The molecular formula is C32H31ClN2O5. The quantitative estimate of drug-likeness (QED) is 0.360. The number of benzene rings is 3. The first kappa shape index (κ1) is 26.3. The lowest BCUT2D eigenvalue weighted by Crippen LogP contribution is -3.00. The van der Waals surface area contributed by atoms with Gasteiger partial charge in [0.2, 0.25) is 12.5 Å². The minimum absolute atomic E-state index is 0. The third kappa shape index (κ3) is 4.79. The van der Waals surface area contributed by atoms with Crippen molar-refractivity contribution in [3.8, 4) is 34.3 Å². The van der Waals surface area contributed by atoms with Crippen molar-refractivity contribution in [1.82, 2.24) is 4.90 Å². The van der Waals surface area contributed by atoms with E-state index in [1.165, 1.54) is 11.1 Å². The van der Waals surface area contributed by atoms with Gasteiger partial charge in [-0.25, -0.2) is 4.79 Å². The zero-order chi connectivity index (χ0) is 26.3. The van der Waals surface area contributed by atoms with Crippen molar-refractivity contribution in [2.45, 2.75) is 32.2 Å². The van der Waals surface area contributed by atoms with Gasteiger partial charge in [0.25, 0.3) is 0 Å². The third-order valence-corrected chi connectivity index (χ3v) is 8.23. The van der Waals surface area contributed by atoms with E-state index >= 15 is 0 Å². The van der Waals surface area contributed by atoms with Crippen LogP contribution in [0, 0.1) is 5.92 Å². The summed E-state index contributed by atoms with van der Waals surface area (Å²) in [6.45, 7) is 2.47. The second kappa shape index (κ2) is 10.9. The van der Waals surface area contributed by atoms with Gasteiger partial charge in [-0.2, -0.15) is 4.57 Å². The first-order valence-electron chi connectivity index (χ1n) is 13.6. The Balaban J connectivity index is 0.00000289. The molecule has 0 unspecified atom stereocenters. The topological polar surface area (TPSA) is 61.1 Å². The summed E-state index contributed by atoms with van der Waals surface area (Å²) in [5.74, 6) is 3.19. The summed E-state index contributed by atoms with van der Waals surface area (Å²) in [7, 11) is 1.61. The zero-order valence-corrected chi connectivity index (χ0v) is 23.2. The molecule has 0 atom stereocenters. The van der Waals surface area contributed by atoms with Crippen LogP contribution in [0.5, 0.6) is 23.0 Å². The number of fused-ring (bicyclic) bond motifs is 5. The predicted octanol–water partition coefficient (Wildman–Crippen LogP) is 2.55. The van der Waals surface area contributed by atoms with Gasteiger partial charge in [-0.15, -0.1) is 0 Å². The summed E-state index contributed by atoms with van der Waals surface area (Å²) in [6, 6.07) is 20.8. The highest BCUT2D eigenvalue weighted by Gasteiger charge is 2.30. The maximum absolute atomic E-state index is 13.3. The van der Waals surface area contributed by atoms with Crippen LogP contribution in [0.3, 0.4) is 0 Å². The Morgan fingerprint density at radius 2 is 1.80 bits per heavy atom. The van der Waals surface area contributed by atoms with Crippen molar-refractivity contribution >= 4 is 16.9 Å². The predicted molar refractivity (Wildman–Crippen MR) is 146 cm³/mol. The van der Waals surface area contributed by atoms with Crippen molar-refractivity contribution in [2.75, 3.05) is 27.0 Å². The molecule has 3 aromatic carbocycles. The number of pyridine rings is 1. The number of amides is 1. The molecule has 1 saturated heterocycles. The van der Waals surface area contributed by atoms with Gasteiger partial charge in [0.1, 0.15) is 0 Å². The number of rotatable bonds is 4. The molecule has 7 rings (SSSR count). The van der Waals surface area contributed by atoms with Gasteiger partial charge in [0.15, 0.2) is 35.7 Å². The van der Waals surface area contributed by atoms with E-state index < -0.39 is 0 Å². The van der Waals surface area contributed by atoms with Gasteiger partial charge >= 0.3 is 6.09 Å². The third-order valence-electron chi connectivity index (χ3n) is 8.23. The van der Waals surface area contributed by atoms with E-state index in [1.807, 2.05) is 23.1 Å². The number of likely N-dealkylation sites (tertiary alicyclic amines) is 1. The van der Waals surface area contributed by atoms with Crippen molar-refractivity contribution in [3.05, 3.63) is 78.0 Å². The lowest BCUT2D eigenvalue weighted by Gasteiger charge is -2.31. The van der Waals surface area contributed by atoms with Crippen LogP contribution < -0.4 is 35.9 Å². The van der Waals surface area contributed by atoms with E-state index in [1.54, 1.807) is 7.11 Å². The number of aryl methyl sites for hydroxylation is 2. The largest absolute Gasteiger partial charge is 1.00 e. The molecule has 206 valence electrons. The van der Waals surface area contributed by atoms with E-state index in [-0.39, 0.29) is 25.3 Å². The van der Waals surface area contributed by atoms with E-state index in [2.05, 4.69) is 53.2 Å². The summed E-state index contributed by atoms with van der Waals surface area (Å²) in [5, 5.41) is 1.84. The molecule has 0 saturated carbocycles. The van der Waals surface area contributed by atoms with Crippen molar-refractivity contribution in [3.63, 3.8) is 0 Å². The molecule has 4 aromatic rings. The van der Waals surface area contributed by atoms with Crippen LogP contribution >= 0.6 is 0 Å². The number of halogens is 1. The van der Waals surface area contributed by atoms with Crippen LogP contribution in [0.4, 0.5) is 4.79 Å². The average molecular weight is 559 g/mol. The standard InChI is InChI=1S/C32H31N2O5.ClH/c1-36-28-8-7-23-16-27-25-18-30-29(37-20-38-30)17-24(25)11-14-34(27)19-26(23)31(28)39-32(35)33-12-9-22(10-13-33)15-21-5-3-2-4-6-21;/h2-8,16-19,22H,9-15,20H2,1H3;1H/q+1;/p-1. The zero-order valence-electron chi connectivity index (χ0n) is 22.4. The molecule has 0 spiro atoms. The summed E-state index contributed by atoms with van der Waals surface area (Å²) in [5.41, 5.74) is 4.84. The molecule has 40 heavy (non-hydrogen) atoms. The molecule has 1 amide bonds. The number of aromatic nitrogens is 1. The fourth-order valence-corrected chi connectivity index (χ4v) is 6.08. The average Bonchev–Trinajstić information content (AvgIpc) is 3.44. The maximum atomic E-state index is 13.3. The van der Waals surface area contributed by atoms with Crippen molar-refractivity contribution < 1.29 is 40.7 Å². The van der Waals surface area contributed by atoms with Crippen LogP contribution in [0.2, 0.25) is 0 Å². The summed E-state index contributed by atoms with van der Waals surface area (Å²) < 4.78 is 25.2. The molecule has 0 aliphatic carbocycles. The molecule has 0 radical (unpaired) electrons. The van der Waals surface area contributed by atoms with Crippen LogP contribution in [0.15, 0.2) is 66.9 Å². The van der Waals surface area contributed by atoms with E-state index in [4.69, 9.17) is 18.9 Å². The molecular weight excluding hydrogens is 528 g/mol. The van der Waals surface area contributed by atoms with Gasteiger partial charge in [-0.1, -0.05) is 30.3 Å². The van der Waals surface area contributed by atoms with Gasteiger partial charge in [0, 0.05) is 25.6 Å². The number of nitrogens with zero attached hydrogens (tertiary/aromatic N) is 2. The highest BCUT2D eigenvalue weighted by molar-refractivity contribution is 5.93. The van der Waals surface area contributed by atoms with Crippen LogP contribution in [0.1, 0.15) is 24.0 Å². The second-order valence-electron chi connectivity index (χ2n) is 10.6. The lowest BCUT2D eigenvalue weighted by atomic mass is 9.90. The Labute approximate surface area is 239 Å². The highest BCUT2D eigenvalue weighted by Crippen LogP contribution is 2.42. The molecule has 0 bridgehead atoms. The van der Waals surface area contributed by atoms with E-state index in [0.29, 0.717) is 30.5 Å². The SMILES string of the molecule is COc1ccc2cc3[n+](cc2c1OC(=O)N1CCC(Cc2ccccc2)CC1)CCc1cc2c(cc1-3)OCO2.[Cl-]. The van der Waals surface area contributed by atoms with E-state index in [9.17, 15) is 4.79 Å². The minimum atomic E-state index is -0.320. The van der Waals surface area contributed by atoms with Crippen molar-refractivity contribution in [1.29, 1.82) is 0 Å². The number of hydrogen-bond acceptors (Lipinski definition) is 5. The number of ether oxygens (including phenoxy) is 4. The molecule has 1 fully saturated rings. The van der Waals surface area contributed by atoms with Crippen LogP contribution in [-0.4, -0.2) is 38.0 Å². The molecule has 1 aromatic heterocycles. The van der Waals surface area contributed by atoms with Gasteiger partial charge < -0.3 is 36.3 Å². The summed E-state index contributed by atoms with van der Waals surface area (Å²) in [4.78, 5) is 15.1. The van der Waals surface area contributed by atoms with E-state index in [0.717, 1.165) is 65.8 Å². The maximum Gasteiger partial charge on any atom is 0.415 e. The molecule has 4 heterocycles. The molecule has 7 nitrogen and oxygen atoms in total. The fraction of sp³-hybridized carbons (Fsp3) is 0.312. The number of piperidine rings is 1. The molecule has 8 heteroatoms. The first-order valence-corrected chi connectivity index (χ1v) is 13.6. The number of methoxy groups -OCH3 is 1. The Morgan fingerprint density at radius 3 is 2.58 bits per heavy atom. The molecule has 3 aliphatic rings. The van der Waals surface area contributed by atoms with Crippen molar-refractivity contribution in [2.24, 2.45) is 5.92 Å². The highest BCUT2D eigenvalue weighted by atomic mass is 35.5. The van der Waals surface area contributed by atoms with Gasteiger partial charge in [0.05, 0.1) is 18.1 Å². The first-order chi connectivity index (χ1) is 19.2. The fourth-order valence-electron chi connectivity index (χ4n) is 6.08. The Morgan fingerprint density at radius 1 is 1.02 bits per heavy atom. The summed E-state index contributed by atoms with van der Waals surface area (Å²) >= 11 is 0. The monoisotopic (exact) mass is 558 g/mol.